The third-order valence-electron chi connectivity index (χ3n) is 2.41. The van der Waals surface area contributed by atoms with Crippen molar-refractivity contribution in [3.05, 3.63) is 51.5 Å². The molecule has 1 nitrogen and oxygen atoms in total. The Hall–Kier alpha value is -0.860. The van der Waals surface area contributed by atoms with Gasteiger partial charge in [0.2, 0.25) is 0 Å². The molecule has 78 valence electrons. The van der Waals surface area contributed by atoms with Crippen LogP contribution in [0, 0.1) is 13.8 Å². The monoisotopic (exact) mass is 237 g/mol. The average molecular weight is 238 g/mol. The highest BCUT2D eigenvalue weighted by atomic mass is 35.5. The van der Waals surface area contributed by atoms with Gasteiger partial charge in [-0.2, -0.15) is 0 Å². The van der Waals surface area contributed by atoms with Crippen molar-refractivity contribution in [2.75, 3.05) is 0 Å². The van der Waals surface area contributed by atoms with E-state index in [9.17, 15) is 0 Å². The lowest BCUT2D eigenvalue weighted by Gasteiger charge is -2.11. The predicted octanol–water partition coefficient (Wildman–Crippen LogP) is 4.09. The van der Waals surface area contributed by atoms with Crippen molar-refractivity contribution < 1.29 is 0 Å². The minimum absolute atomic E-state index is 0.128. The maximum absolute atomic E-state index is 6.37. The number of rotatable bonds is 2. The van der Waals surface area contributed by atoms with E-state index in [0.29, 0.717) is 0 Å². The molecular formula is C12H12ClNS. The molecular weight excluding hydrogens is 226 g/mol. The summed E-state index contributed by atoms with van der Waals surface area (Å²) < 4.78 is 0. The molecule has 0 radical (unpaired) electrons. The molecule has 0 bridgehead atoms. The second kappa shape index (κ2) is 4.33. The van der Waals surface area contributed by atoms with E-state index in [2.05, 4.69) is 37.0 Å². The minimum atomic E-state index is -0.128. The Balaban J connectivity index is 2.38. The summed E-state index contributed by atoms with van der Waals surface area (Å²) in [6, 6.07) is 6.32. The topological polar surface area (TPSA) is 12.9 Å². The van der Waals surface area contributed by atoms with Gasteiger partial charge in [0.1, 0.15) is 5.38 Å². The number of hydrogen-bond donors (Lipinski definition) is 0. The summed E-state index contributed by atoms with van der Waals surface area (Å²) >= 11 is 7.95. The molecule has 0 fully saturated rings. The average Bonchev–Trinajstić information content (AvgIpc) is 2.69. The van der Waals surface area contributed by atoms with Gasteiger partial charge in [0.25, 0.3) is 0 Å². The van der Waals surface area contributed by atoms with Gasteiger partial charge >= 0.3 is 0 Å². The zero-order valence-electron chi connectivity index (χ0n) is 8.70. The second-order valence-corrected chi connectivity index (χ2v) is 4.79. The molecule has 0 saturated carbocycles. The van der Waals surface area contributed by atoms with Crippen molar-refractivity contribution in [2.24, 2.45) is 0 Å². The van der Waals surface area contributed by atoms with Crippen LogP contribution < -0.4 is 0 Å². The Bertz CT molecular complexity index is 451. The van der Waals surface area contributed by atoms with Gasteiger partial charge in [-0.25, -0.2) is 4.98 Å². The van der Waals surface area contributed by atoms with Gasteiger partial charge in [-0.05, 0) is 25.0 Å². The van der Waals surface area contributed by atoms with Crippen molar-refractivity contribution in [1.82, 2.24) is 4.98 Å². The van der Waals surface area contributed by atoms with Crippen LogP contribution >= 0.6 is 22.9 Å². The highest BCUT2D eigenvalue weighted by Gasteiger charge is 2.14. The number of benzene rings is 1. The molecule has 0 aliphatic rings. The molecule has 3 heteroatoms. The van der Waals surface area contributed by atoms with E-state index in [1.54, 1.807) is 11.3 Å². The molecule has 0 aliphatic carbocycles. The standard InChI is InChI=1S/C12H12ClNS/c1-8-3-4-10(9(2)5-8)12(13)11-6-15-7-14-11/h3-7,12H,1-2H3. The van der Waals surface area contributed by atoms with E-state index < -0.39 is 0 Å². The molecule has 2 rings (SSSR count). The lowest BCUT2D eigenvalue weighted by Crippen LogP contribution is -1.96. The van der Waals surface area contributed by atoms with E-state index in [1.807, 2.05) is 10.9 Å². The van der Waals surface area contributed by atoms with Crippen molar-refractivity contribution in [3.63, 3.8) is 0 Å². The summed E-state index contributed by atoms with van der Waals surface area (Å²) in [5, 5.41) is 1.87. The van der Waals surface area contributed by atoms with Crippen molar-refractivity contribution in [2.45, 2.75) is 19.2 Å². The first-order valence-electron chi connectivity index (χ1n) is 4.78. The normalized spacial score (nSPS) is 12.7. The molecule has 1 unspecified atom stereocenters. The molecule has 1 heterocycles. The largest absolute Gasteiger partial charge is 0.248 e. The first kappa shape index (κ1) is 10.7. The Kier molecular flexibility index (Phi) is 3.08. The smallest absolute Gasteiger partial charge is 0.102 e. The van der Waals surface area contributed by atoms with E-state index >= 15 is 0 Å². The summed E-state index contributed by atoms with van der Waals surface area (Å²) in [5.41, 5.74) is 6.39. The number of hydrogen-bond acceptors (Lipinski definition) is 2. The SMILES string of the molecule is Cc1ccc(C(Cl)c2cscn2)c(C)c1. The molecule has 0 saturated heterocycles. The maximum atomic E-state index is 6.37. The molecule has 1 atom stereocenters. The fourth-order valence-electron chi connectivity index (χ4n) is 1.62. The summed E-state index contributed by atoms with van der Waals surface area (Å²) in [7, 11) is 0. The molecule has 1 aromatic carbocycles. The number of alkyl halides is 1. The molecule has 0 amide bonds. The Morgan fingerprint density at radius 1 is 1.33 bits per heavy atom. The zero-order chi connectivity index (χ0) is 10.8. The Labute approximate surface area is 98.7 Å². The third-order valence-corrected chi connectivity index (χ3v) is 3.47. The van der Waals surface area contributed by atoms with Crippen LogP contribution in [0.15, 0.2) is 29.1 Å². The van der Waals surface area contributed by atoms with Crippen molar-refractivity contribution in [1.29, 1.82) is 0 Å². The van der Waals surface area contributed by atoms with E-state index in [-0.39, 0.29) is 5.38 Å². The Morgan fingerprint density at radius 3 is 2.73 bits per heavy atom. The van der Waals surface area contributed by atoms with Crippen LogP contribution in [0.2, 0.25) is 0 Å². The van der Waals surface area contributed by atoms with Gasteiger partial charge < -0.3 is 0 Å². The number of aromatic nitrogens is 1. The van der Waals surface area contributed by atoms with Gasteiger partial charge in [0, 0.05) is 5.38 Å². The van der Waals surface area contributed by atoms with E-state index in [0.717, 1.165) is 11.3 Å². The van der Waals surface area contributed by atoms with Gasteiger partial charge in [-0.1, -0.05) is 23.8 Å². The quantitative estimate of drug-likeness (QED) is 0.717. The predicted molar refractivity (Wildman–Crippen MR) is 65.7 cm³/mol. The first-order chi connectivity index (χ1) is 7.18. The van der Waals surface area contributed by atoms with Gasteiger partial charge in [0.05, 0.1) is 11.2 Å². The summed E-state index contributed by atoms with van der Waals surface area (Å²) in [4.78, 5) is 4.24. The van der Waals surface area contributed by atoms with Crippen LogP contribution in [-0.4, -0.2) is 4.98 Å². The number of halogens is 1. The highest BCUT2D eigenvalue weighted by Crippen LogP contribution is 2.30. The van der Waals surface area contributed by atoms with Crippen molar-refractivity contribution >= 4 is 22.9 Å². The van der Waals surface area contributed by atoms with Crippen LogP contribution in [0.25, 0.3) is 0 Å². The fourth-order valence-corrected chi connectivity index (χ4v) is 2.64. The number of thiazole rings is 1. The molecule has 0 N–H and O–H groups in total. The van der Waals surface area contributed by atoms with Gasteiger partial charge in [0.15, 0.2) is 0 Å². The lowest BCUT2D eigenvalue weighted by atomic mass is 10.0. The lowest BCUT2D eigenvalue weighted by molar-refractivity contribution is 1.04. The summed E-state index contributed by atoms with van der Waals surface area (Å²) in [5.74, 6) is 0. The number of nitrogens with zero attached hydrogens (tertiary/aromatic N) is 1. The maximum Gasteiger partial charge on any atom is 0.102 e. The summed E-state index contributed by atoms with van der Waals surface area (Å²) in [6.07, 6.45) is 0. The second-order valence-electron chi connectivity index (χ2n) is 3.64. The van der Waals surface area contributed by atoms with Crippen LogP contribution in [0.4, 0.5) is 0 Å². The fraction of sp³-hybridized carbons (Fsp3) is 0.250. The third kappa shape index (κ3) is 2.21. The zero-order valence-corrected chi connectivity index (χ0v) is 10.3. The molecule has 0 aliphatic heterocycles. The van der Waals surface area contributed by atoms with Crippen LogP contribution in [0.1, 0.15) is 27.8 Å². The summed E-state index contributed by atoms with van der Waals surface area (Å²) in [6.45, 7) is 4.17. The van der Waals surface area contributed by atoms with Gasteiger partial charge in [-0.15, -0.1) is 22.9 Å². The molecule has 0 spiro atoms. The number of aryl methyl sites for hydroxylation is 2. The van der Waals surface area contributed by atoms with Crippen LogP contribution in [0.3, 0.4) is 0 Å². The van der Waals surface area contributed by atoms with E-state index in [4.69, 9.17) is 11.6 Å². The van der Waals surface area contributed by atoms with Crippen LogP contribution in [0.5, 0.6) is 0 Å². The van der Waals surface area contributed by atoms with Crippen molar-refractivity contribution in [3.8, 4) is 0 Å². The van der Waals surface area contributed by atoms with E-state index in [1.165, 1.54) is 11.1 Å². The van der Waals surface area contributed by atoms with Crippen LogP contribution in [-0.2, 0) is 0 Å². The molecule has 15 heavy (non-hydrogen) atoms. The highest BCUT2D eigenvalue weighted by molar-refractivity contribution is 7.07. The Morgan fingerprint density at radius 2 is 2.13 bits per heavy atom. The van der Waals surface area contributed by atoms with Gasteiger partial charge in [-0.3, -0.25) is 0 Å². The molecule has 1 aromatic heterocycles. The molecule has 2 aromatic rings. The first-order valence-corrected chi connectivity index (χ1v) is 6.15. The minimum Gasteiger partial charge on any atom is -0.248 e.